The van der Waals surface area contributed by atoms with E-state index in [1.807, 2.05) is 38.1 Å². The molecule has 0 saturated carbocycles. The van der Waals surface area contributed by atoms with Crippen LogP contribution in [0.2, 0.25) is 0 Å². The van der Waals surface area contributed by atoms with Gasteiger partial charge in [0, 0.05) is 5.69 Å². The number of H-pyrrole nitrogens is 1. The number of halogens is 1. The molecule has 1 aliphatic rings. The molecule has 4 rings (SSSR count). The lowest BCUT2D eigenvalue weighted by Gasteiger charge is -2.11. The first kappa shape index (κ1) is 20.3. The van der Waals surface area contributed by atoms with Crippen LogP contribution in [0.15, 0.2) is 59.0 Å². The first-order valence-corrected chi connectivity index (χ1v) is 9.87. The van der Waals surface area contributed by atoms with Gasteiger partial charge >= 0.3 is 6.03 Å². The Balaban J connectivity index is 1.66. The van der Waals surface area contributed by atoms with Crippen molar-refractivity contribution >= 4 is 18.0 Å². The second kappa shape index (κ2) is 8.06. The summed E-state index contributed by atoms with van der Waals surface area (Å²) >= 11 is 0. The summed E-state index contributed by atoms with van der Waals surface area (Å²) in [5.41, 5.74) is 2.88. The van der Waals surface area contributed by atoms with Crippen LogP contribution >= 0.6 is 0 Å². The maximum absolute atomic E-state index is 13.2. The minimum atomic E-state index is -0.538. The molecule has 0 bridgehead atoms. The maximum Gasteiger partial charge on any atom is 0.329 e. The first-order valence-electron chi connectivity index (χ1n) is 9.87. The summed E-state index contributed by atoms with van der Waals surface area (Å²) in [6, 6.07) is 12.5. The smallest absolute Gasteiger partial charge is 0.303 e. The molecule has 1 fully saturated rings. The molecule has 158 valence electrons. The number of amides is 3. The molecule has 8 heteroatoms. The number of benzene rings is 2. The number of imide groups is 1. The van der Waals surface area contributed by atoms with E-state index in [9.17, 15) is 18.8 Å². The molecule has 0 radical (unpaired) electrons. The Labute approximate surface area is 177 Å². The van der Waals surface area contributed by atoms with Crippen LogP contribution in [0.5, 0.6) is 0 Å². The highest BCUT2D eigenvalue weighted by atomic mass is 19.1. The lowest BCUT2D eigenvalue weighted by atomic mass is 10.1. The Hall–Kier alpha value is -3.94. The van der Waals surface area contributed by atoms with Crippen LogP contribution in [0.1, 0.15) is 29.3 Å². The predicted molar refractivity (Wildman–Crippen MR) is 114 cm³/mol. The molecule has 7 nitrogen and oxygen atoms in total. The van der Waals surface area contributed by atoms with Gasteiger partial charge in [-0.2, -0.15) is 0 Å². The zero-order valence-electron chi connectivity index (χ0n) is 17.1. The normalized spacial score (nSPS) is 15.1. The van der Waals surface area contributed by atoms with E-state index in [0.717, 1.165) is 16.0 Å². The van der Waals surface area contributed by atoms with E-state index in [0.29, 0.717) is 17.8 Å². The Morgan fingerprint density at radius 3 is 2.32 bits per heavy atom. The molecule has 2 N–H and O–H groups in total. The summed E-state index contributed by atoms with van der Waals surface area (Å²) in [5, 5.41) is 5.55. The second-order valence-electron chi connectivity index (χ2n) is 7.34. The number of aromatic amines is 1. The van der Waals surface area contributed by atoms with Crippen LogP contribution < -0.4 is 10.9 Å². The molecule has 0 unspecified atom stereocenters. The molecule has 2 aromatic carbocycles. The van der Waals surface area contributed by atoms with Crippen LogP contribution in [-0.2, 0) is 17.8 Å². The lowest BCUT2D eigenvalue weighted by Crippen LogP contribution is -2.30. The average molecular weight is 420 g/mol. The number of carbonyl (C=O) groups is 2. The van der Waals surface area contributed by atoms with E-state index < -0.39 is 23.3 Å². The van der Waals surface area contributed by atoms with Gasteiger partial charge in [-0.1, -0.05) is 36.8 Å². The minimum absolute atomic E-state index is 0.0363. The Bertz CT molecular complexity index is 1240. The number of urea groups is 1. The number of aromatic nitrogens is 2. The van der Waals surface area contributed by atoms with Gasteiger partial charge in [0.1, 0.15) is 11.5 Å². The molecule has 2 heterocycles. The fraction of sp³-hybridized carbons (Fsp3) is 0.174. The van der Waals surface area contributed by atoms with Gasteiger partial charge in [0.05, 0.1) is 17.8 Å². The monoisotopic (exact) mass is 420 g/mol. The first-order chi connectivity index (χ1) is 14.9. The zero-order valence-corrected chi connectivity index (χ0v) is 17.1. The molecule has 0 aliphatic carbocycles. The number of hydrogen-bond donors (Lipinski definition) is 2. The van der Waals surface area contributed by atoms with Crippen molar-refractivity contribution in [3.05, 3.63) is 92.8 Å². The van der Waals surface area contributed by atoms with Gasteiger partial charge in [-0.25, -0.2) is 13.9 Å². The Morgan fingerprint density at radius 2 is 1.68 bits per heavy atom. The summed E-state index contributed by atoms with van der Waals surface area (Å²) in [7, 11) is 0. The van der Waals surface area contributed by atoms with Crippen LogP contribution in [0, 0.1) is 12.7 Å². The van der Waals surface area contributed by atoms with E-state index in [-0.39, 0.29) is 17.8 Å². The van der Waals surface area contributed by atoms with Crippen LogP contribution in [0.3, 0.4) is 0 Å². The van der Waals surface area contributed by atoms with Crippen LogP contribution in [0.25, 0.3) is 11.8 Å². The standard InChI is InChI=1S/C23H21FN4O3/c1-3-19-18(21(29)28(26-19)17-10-8-16(24)9-11-17)12-20-22(30)27(23(31)25-20)13-15-6-4-14(2)5-7-15/h4-12,26H,3,13H2,1-2H3,(H,25,31). The van der Waals surface area contributed by atoms with Gasteiger partial charge in [0.25, 0.3) is 11.5 Å². The summed E-state index contributed by atoms with van der Waals surface area (Å²) in [4.78, 5) is 39.3. The second-order valence-corrected chi connectivity index (χ2v) is 7.34. The van der Waals surface area contributed by atoms with Gasteiger partial charge in [-0.15, -0.1) is 0 Å². The van der Waals surface area contributed by atoms with Crippen molar-refractivity contribution in [1.82, 2.24) is 20.0 Å². The van der Waals surface area contributed by atoms with E-state index in [1.54, 1.807) is 0 Å². The van der Waals surface area contributed by atoms with E-state index in [4.69, 9.17) is 0 Å². The number of rotatable bonds is 5. The molecule has 1 aromatic heterocycles. The highest BCUT2D eigenvalue weighted by molar-refractivity contribution is 6.13. The molecule has 3 aromatic rings. The third-order valence-electron chi connectivity index (χ3n) is 5.16. The van der Waals surface area contributed by atoms with Gasteiger partial charge in [0.15, 0.2) is 0 Å². The van der Waals surface area contributed by atoms with E-state index >= 15 is 0 Å². The molecular formula is C23H21FN4O3. The van der Waals surface area contributed by atoms with Crippen molar-refractivity contribution in [2.24, 2.45) is 0 Å². The van der Waals surface area contributed by atoms with E-state index in [2.05, 4.69) is 10.4 Å². The molecule has 0 atom stereocenters. The summed E-state index contributed by atoms with van der Waals surface area (Å²) < 4.78 is 14.5. The number of carbonyl (C=O) groups excluding carboxylic acids is 2. The topological polar surface area (TPSA) is 87.2 Å². The largest absolute Gasteiger partial charge is 0.329 e. The van der Waals surface area contributed by atoms with Crippen molar-refractivity contribution in [3.8, 4) is 5.69 Å². The zero-order chi connectivity index (χ0) is 22.1. The van der Waals surface area contributed by atoms with Gasteiger partial charge < -0.3 is 5.32 Å². The Morgan fingerprint density at radius 1 is 1.00 bits per heavy atom. The minimum Gasteiger partial charge on any atom is -0.303 e. The SMILES string of the molecule is CCc1[nH]n(-c2ccc(F)cc2)c(=O)c1C=C1NC(=O)N(Cc2ccc(C)cc2)C1=O. The molecule has 3 amide bonds. The summed E-state index contributed by atoms with van der Waals surface area (Å²) in [5.74, 6) is -0.907. The number of nitrogens with one attached hydrogen (secondary N) is 2. The van der Waals surface area contributed by atoms with Crippen molar-refractivity contribution < 1.29 is 14.0 Å². The highest BCUT2D eigenvalue weighted by Gasteiger charge is 2.34. The number of aryl methyl sites for hydroxylation is 2. The highest BCUT2D eigenvalue weighted by Crippen LogP contribution is 2.18. The van der Waals surface area contributed by atoms with Crippen LogP contribution in [-0.4, -0.2) is 26.6 Å². The Kier molecular flexibility index (Phi) is 5.29. The van der Waals surface area contributed by atoms with Gasteiger partial charge in [-0.3, -0.25) is 19.6 Å². The quantitative estimate of drug-likeness (QED) is 0.491. The summed E-state index contributed by atoms with van der Waals surface area (Å²) in [6.45, 7) is 3.95. The average Bonchev–Trinajstić information content (AvgIpc) is 3.21. The number of nitrogens with zero attached hydrogens (tertiary/aromatic N) is 2. The van der Waals surface area contributed by atoms with Gasteiger partial charge in [0.2, 0.25) is 0 Å². The molecule has 31 heavy (non-hydrogen) atoms. The fourth-order valence-corrected chi connectivity index (χ4v) is 3.42. The summed E-state index contributed by atoms with van der Waals surface area (Å²) in [6.07, 6.45) is 1.89. The predicted octanol–water partition coefficient (Wildman–Crippen LogP) is 3.27. The fourth-order valence-electron chi connectivity index (χ4n) is 3.42. The van der Waals surface area contributed by atoms with Crippen molar-refractivity contribution in [1.29, 1.82) is 0 Å². The van der Waals surface area contributed by atoms with Gasteiger partial charge in [-0.05, 0) is 49.2 Å². The molecule has 1 saturated heterocycles. The third-order valence-corrected chi connectivity index (χ3v) is 5.16. The third kappa shape index (κ3) is 3.92. The van der Waals surface area contributed by atoms with Crippen LogP contribution in [0.4, 0.5) is 9.18 Å². The molecule has 1 aliphatic heterocycles. The molecular weight excluding hydrogens is 399 g/mol. The van der Waals surface area contributed by atoms with E-state index in [1.165, 1.54) is 35.0 Å². The van der Waals surface area contributed by atoms with Crippen molar-refractivity contribution in [2.75, 3.05) is 0 Å². The lowest BCUT2D eigenvalue weighted by molar-refractivity contribution is -0.123. The molecule has 0 spiro atoms. The number of hydrogen-bond acceptors (Lipinski definition) is 3. The maximum atomic E-state index is 13.2. The van der Waals surface area contributed by atoms with Crippen molar-refractivity contribution in [2.45, 2.75) is 26.8 Å². The van der Waals surface area contributed by atoms with Crippen molar-refractivity contribution in [3.63, 3.8) is 0 Å².